The number of hydrogen-bond acceptors (Lipinski definition) is 1. The van der Waals surface area contributed by atoms with E-state index in [0.717, 1.165) is 0 Å². The Morgan fingerprint density at radius 2 is 2.07 bits per heavy atom. The smallest absolute Gasteiger partial charge is 0.264 e. The fraction of sp³-hybridized carbons (Fsp3) is 0.364. The van der Waals surface area contributed by atoms with Crippen molar-refractivity contribution in [2.24, 2.45) is 0 Å². The highest BCUT2D eigenvalue weighted by molar-refractivity contribution is 5.94. The molecule has 1 nitrogen and oxygen atoms in total. The molecular weight excluding hydrogens is 186 g/mol. The van der Waals surface area contributed by atoms with Gasteiger partial charge in [-0.2, -0.15) is 0 Å². The zero-order valence-corrected chi connectivity index (χ0v) is 8.18. The molecule has 0 saturated carbocycles. The van der Waals surface area contributed by atoms with Crippen molar-refractivity contribution in [3.63, 3.8) is 0 Å². The summed E-state index contributed by atoms with van der Waals surface area (Å²) in [5.74, 6) is -0.0967. The number of aryl methyl sites for hydroxylation is 1. The predicted octanol–water partition coefficient (Wildman–Crippen LogP) is 3.39. The SMILES string of the molecule is CCc1cc(C(C)=O)ccc1C(F)F. The Labute approximate surface area is 81.7 Å². The first-order valence-corrected chi connectivity index (χ1v) is 4.48. The van der Waals surface area contributed by atoms with Crippen molar-refractivity contribution in [3.8, 4) is 0 Å². The molecular formula is C11H12F2O. The molecule has 0 aromatic heterocycles. The summed E-state index contributed by atoms with van der Waals surface area (Å²) in [5.41, 5.74) is 1.07. The van der Waals surface area contributed by atoms with Crippen molar-refractivity contribution in [2.45, 2.75) is 26.7 Å². The molecule has 1 aromatic rings. The van der Waals surface area contributed by atoms with Gasteiger partial charge in [0.2, 0.25) is 0 Å². The van der Waals surface area contributed by atoms with Gasteiger partial charge in [-0.1, -0.05) is 19.1 Å². The molecule has 0 radical (unpaired) electrons. The molecule has 0 amide bonds. The minimum atomic E-state index is -2.47. The molecule has 0 aliphatic carbocycles. The number of hydrogen-bond donors (Lipinski definition) is 0. The number of rotatable bonds is 3. The van der Waals surface area contributed by atoms with Crippen LogP contribution in [-0.4, -0.2) is 5.78 Å². The molecule has 0 N–H and O–H groups in total. The average Bonchev–Trinajstić information content (AvgIpc) is 2.16. The van der Waals surface area contributed by atoms with Gasteiger partial charge in [0.1, 0.15) is 0 Å². The fourth-order valence-corrected chi connectivity index (χ4v) is 1.34. The molecule has 0 heterocycles. The highest BCUT2D eigenvalue weighted by Crippen LogP contribution is 2.24. The van der Waals surface area contributed by atoms with E-state index in [2.05, 4.69) is 0 Å². The second-order valence-electron chi connectivity index (χ2n) is 3.12. The van der Waals surface area contributed by atoms with Gasteiger partial charge in [0.15, 0.2) is 5.78 Å². The summed E-state index contributed by atoms with van der Waals surface area (Å²) in [6.45, 7) is 3.22. The second kappa shape index (κ2) is 4.31. The number of Topliss-reactive ketones (excluding diaryl/α,β-unsaturated/α-hetero) is 1. The van der Waals surface area contributed by atoms with Gasteiger partial charge in [-0.15, -0.1) is 0 Å². The molecule has 3 heteroatoms. The number of benzene rings is 1. The van der Waals surface area contributed by atoms with E-state index < -0.39 is 6.43 Å². The zero-order valence-electron chi connectivity index (χ0n) is 8.18. The molecule has 0 saturated heterocycles. The summed E-state index contributed by atoms with van der Waals surface area (Å²) >= 11 is 0. The third-order valence-electron chi connectivity index (χ3n) is 2.17. The number of carbonyl (C=O) groups is 1. The van der Waals surface area contributed by atoms with Gasteiger partial charge in [-0.3, -0.25) is 4.79 Å². The van der Waals surface area contributed by atoms with E-state index in [1.807, 2.05) is 0 Å². The van der Waals surface area contributed by atoms with Crippen LogP contribution in [0.15, 0.2) is 18.2 Å². The summed E-state index contributed by atoms with van der Waals surface area (Å²) in [4.78, 5) is 11.0. The number of ketones is 1. The summed E-state index contributed by atoms with van der Waals surface area (Å²) in [7, 11) is 0. The van der Waals surface area contributed by atoms with E-state index >= 15 is 0 Å². The lowest BCUT2D eigenvalue weighted by atomic mass is 10.0. The highest BCUT2D eigenvalue weighted by Gasteiger charge is 2.12. The Morgan fingerprint density at radius 1 is 1.43 bits per heavy atom. The van der Waals surface area contributed by atoms with Crippen LogP contribution >= 0.6 is 0 Å². The van der Waals surface area contributed by atoms with E-state index in [1.54, 1.807) is 13.0 Å². The molecule has 0 fully saturated rings. The lowest BCUT2D eigenvalue weighted by Crippen LogP contribution is -1.98. The monoisotopic (exact) mass is 198 g/mol. The van der Waals surface area contributed by atoms with Gasteiger partial charge in [0.05, 0.1) is 0 Å². The predicted molar refractivity (Wildman–Crippen MR) is 50.8 cm³/mol. The minimum Gasteiger partial charge on any atom is -0.295 e. The standard InChI is InChI=1S/C11H12F2O/c1-3-8-6-9(7(2)14)4-5-10(8)11(12)13/h4-6,11H,3H2,1-2H3. The van der Waals surface area contributed by atoms with Crippen LogP contribution < -0.4 is 0 Å². The first-order valence-electron chi connectivity index (χ1n) is 4.48. The minimum absolute atomic E-state index is 0.0255. The van der Waals surface area contributed by atoms with Crippen molar-refractivity contribution in [3.05, 3.63) is 34.9 Å². The van der Waals surface area contributed by atoms with E-state index in [4.69, 9.17) is 0 Å². The van der Waals surface area contributed by atoms with Crippen LogP contribution in [0, 0.1) is 0 Å². The van der Waals surface area contributed by atoms with Crippen LogP contribution in [0.2, 0.25) is 0 Å². The average molecular weight is 198 g/mol. The maximum atomic E-state index is 12.5. The van der Waals surface area contributed by atoms with Crippen molar-refractivity contribution in [1.82, 2.24) is 0 Å². The van der Waals surface area contributed by atoms with E-state index in [0.29, 0.717) is 17.5 Å². The van der Waals surface area contributed by atoms with Crippen LogP contribution in [0.3, 0.4) is 0 Å². The normalized spacial score (nSPS) is 10.6. The largest absolute Gasteiger partial charge is 0.295 e. The molecule has 14 heavy (non-hydrogen) atoms. The Balaban J connectivity index is 3.18. The topological polar surface area (TPSA) is 17.1 Å². The molecule has 1 rings (SSSR count). The highest BCUT2D eigenvalue weighted by atomic mass is 19.3. The summed E-state index contributed by atoms with van der Waals surface area (Å²) in [5, 5.41) is 0. The Bertz CT molecular complexity index is 345. The van der Waals surface area contributed by atoms with Crippen LogP contribution in [0.25, 0.3) is 0 Å². The van der Waals surface area contributed by atoms with E-state index in [1.165, 1.54) is 19.1 Å². The summed E-state index contributed by atoms with van der Waals surface area (Å²) in [6, 6.07) is 4.33. The first-order chi connectivity index (χ1) is 6.56. The summed E-state index contributed by atoms with van der Waals surface area (Å²) < 4.78 is 24.9. The molecule has 0 bridgehead atoms. The Hall–Kier alpha value is -1.25. The third kappa shape index (κ3) is 2.16. The number of carbonyl (C=O) groups excluding carboxylic acids is 1. The number of alkyl halides is 2. The molecule has 1 aromatic carbocycles. The third-order valence-corrected chi connectivity index (χ3v) is 2.17. The zero-order chi connectivity index (χ0) is 10.7. The molecule has 0 aliphatic rings. The lowest BCUT2D eigenvalue weighted by Gasteiger charge is -2.07. The quantitative estimate of drug-likeness (QED) is 0.680. The van der Waals surface area contributed by atoms with Crippen molar-refractivity contribution >= 4 is 5.78 Å². The molecule has 0 atom stereocenters. The van der Waals surface area contributed by atoms with Crippen molar-refractivity contribution in [1.29, 1.82) is 0 Å². The maximum absolute atomic E-state index is 12.5. The molecule has 0 aliphatic heterocycles. The van der Waals surface area contributed by atoms with Crippen LogP contribution in [0.5, 0.6) is 0 Å². The second-order valence-corrected chi connectivity index (χ2v) is 3.12. The van der Waals surface area contributed by atoms with Gasteiger partial charge < -0.3 is 0 Å². The summed E-state index contributed by atoms with van der Waals surface area (Å²) in [6.07, 6.45) is -1.95. The lowest BCUT2D eigenvalue weighted by molar-refractivity contribution is 0.101. The molecule has 0 unspecified atom stereocenters. The number of halogens is 2. The molecule has 0 spiro atoms. The van der Waals surface area contributed by atoms with Gasteiger partial charge >= 0.3 is 0 Å². The van der Waals surface area contributed by atoms with Gasteiger partial charge in [0.25, 0.3) is 6.43 Å². The van der Waals surface area contributed by atoms with Gasteiger partial charge in [-0.05, 0) is 25.0 Å². The van der Waals surface area contributed by atoms with Crippen LogP contribution in [-0.2, 0) is 6.42 Å². The van der Waals surface area contributed by atoms with Crippen molar-refractivity contribution < 1.29 is 13.6 Å². The molecule has 76 valence electrons. The van der Waals surface area contributed by atoms with Gasteiger partial charge in [-0.25, -0.2) is 8.78 Å². The Morgan fingerprint density at radius 3 is 2.50 bits per heavy atom. The fourth-order valence-electron chi connectivity index (χ4n) is 1.34. The van der Waals surface area contributed by atoms with Crippen LogP contribution in [0.4, 0.5) is 8.78 Å². The van der Waals surface area contributed by atoms with E-state index in [9.17, 15) is 13.6 Å². The van der Waals surface area contributed by atoms with Crippen molar-refractivity contribution in [2.75, 3.05) is 0 Å². The van der Waals surface area contributed by atoms with Gasteiger partial charge in [0, 0.05) is 11.1 Å². The Kier molecular flexibility index (Phi) is 3.33. The van der Waals surface area contributed by atoms with Crippen LogP contribution in [0.1, 0.15) is 41.8 Å². The maximum Gasteiger partial charge on any atom is 0.264 e. The first kappa shape index (κ1) is 10.8. The van der Waals surface area contributed by atoms with E-state index in [-0.39, 0.29) is 11.3 Å².